The first-order valence-electron chi connectivity index (χ1n) is 5.38. The van der Waals surface area contributed by atoms with Gasteiger partial charge < -0.3 is 0 Å². The van der Waals surface area contributed by atoms with Gasteiger partial charge in [-0.1, -0.05) is 43.8 Å². The smallest absolute Gasteiger partial charge is 0.231 e. The molecule has 114 valence electrons. The minimum Gasteiger partial charge on any atom is -0.231 e. The molecule has 1 aromatic rings. The average Bonchev–Trinajstić information content (AvgIpc) is 2.34. The maximum Gasteiger partial charge on any atom is 0.461 e. The summed E-state index contributed by atoms with van der Waals surface area (Å²) in [7, 11) is 0. The molecule has 0 unspecified atom stereocenters. The maximum absolute atomic E-state index is 13.0. The van der Waals surface area contributed by atoms with Gasteiger partial charge in [-0.3, -0.25) is 0 Å². The highest BCUT2D eigenvalue weighted by atomic mass is 35.5. The van der Waals surface area contributed by atoms with Crippen LogP contribution in [0.25, 0.3) is 0 Å². The summed E-state index contributed by atoms with van der Waals surface area (Å²) in [5, 5.41) is 0.866. The van der Waals surface area contributed by atoms with Crippen molar-refractivity contribution in [2.24, 2.45) is 0 Å². The summed E-state index contributed by atoms with van der Waals surface area (Å²) < 4.78 is 62.4. The van der Waals surface area contributed by atoms with Crippen molar-refractivity contribution in [2.45, 2.75) is 37.8 Å². The summed E-state index contributed by atoms with van der Waals surface area (Å²) in [5.74, 6) is -6.80. The molecule has 0 aromatic carbocycles. The van der Waals surface area contributed by atoms with Crippen LogP contribution < -0.4 is 0 Å². The van der Waals surface area contributed by atoms with Crippen molar-refractivity contribution < 1.29 is 22.0 Å². The molecular formula is C11H12ClF5N2S. The first kappa shape index (κ1) is 19.1. The summed E-state index contributed by atoms with van der Waals surface area (Å²) in [6.07, 6.45) is -5.77. The molecule has 1 aromatic heterocycles. The molecule has 0 saturated heterocycles. The molecule has 2 nitrogen and oxygen atoms in total. The van der Waals surface area contributed by atoms with Gasteiger partial charge in [-0.2, -0.15) is 22.0 Å². The fraction of sp³-hybridized carbons (Fsp3) is 0.455. The third kappa shape index (κ3) is 4.05. The van der Waals surface area contributed by atoms with E-state index in [0.29, 0.717) is 0 Å². The highest BCUT2D eigenvalue weighted by Crippen LogP contribution is 2.43. The van der Waals surface area contributed by atoms with Crippen molar-refractivity contribution >= 4 is 23.4 Å². The van der Waals surface area contributed by atoms with Crippen LogP contribution in [0.4, 0.5) is 22.0 Å². The van der Waals surface area contributed by atoms with Crippen molar-refractivity contribution in [1.29, 1.82) is 0 Å². The van der Waals surface area contributed by atoms with E-state index < -0.39 is 23.1 Å². The highest BCUT2D eigenvalue weighted by molar-refractivity contribution is 8.02. The lowest BCUT2D eigenvalue weighted by Crippen LogP contribution is -2.35. The average molecular weight is 335 g/mol. The Morgan fingerprint density at radius 1 is 1.15 bits per heavy atom. The molecule has 0 aliphatic heterocycles. The van der Waals surface area contributed by atoms with Crippen LogP contribution in [0.5, 0.6) is 0 Å². The number of aryl methyl sites for hydroxylation is 1. The van der Waals surface area contributed by atoms with E-state index in [1.54, 1.807) is 0 Å². The SMILES string of the molecule is C=CSc1c(C)nc(C(F)(F)C(F)(F)F)nc1Cl.CC. The quantitative estimate of drug-likeness (QED) is 0.423. The summed E-state index contributed by atoms with van der Waals surface area (Å²) in [6.45, 7) is 8.63. The van der Waals surface area contributed by atoms with Crippen LogP contribution in [0.1, 0.15) is 25.4 Å². The van der Waals surface area contributed by atoms with Gasteiger partial charge in [0.1, 0.15) is 5.15 Å². The lowest BCUT2D eigenvalue weighted by Gasteiger charge is -2.19. The van der Waals surface area contributed by atoms with Gasteiger partial charge in [-0.15, -0.1) is 0 Å². The van der Waals surface area contributed by atoms with Crippen LogP contribution in [0.15, 0.2) is 16.9 Å². The second-order valence-electron chi connectivity index (χ2n) is 3.11. The lowest BCUT2D eigenvalue weighted by molar-refractivity contribution is -0.292. The zero-order valence-electron chi connectivity index (χ0n) is 10.9. The summed E-state index contributed by atoms with van der Waals surface area (Å²) in [4.78, 5) is 6.35. The van der Waals surface area contributed by atoms with Crippen LogP contribution in [0, 0.1) is 6.92 Å². The lowest BCUT2D eigenvalue weighted by atomic mass is 10.3. The minimum atomic E-state index is -5.77. The Hall–Kier alpha value is -0.890. The van der Waals surface area contributed by atoms with Gasteiger partial charge in [0, 0.05) is 0 Å². The molecular weight excluding hydrogens is 323 g/mol. The van der Waals surface area contributed by atoms with E-state index in [1.165, 1.54) is 12.3 Å². The van der Waals surface area contributed by atoms with E-state index in [0.717, 1.165) is 11.8 Å². The molecule has 1 heterocycles. The van der Waals surface area contributed by atoms with Gasteiger partial charge >= 0.3 is 12.1 Å². The number of thioether (sulfide) groups is 1. The molecule has 0 amide bonds. The van der Waals surface area contributed by atoms with Crippen LogP contribution >= 0.6 is 23.4 Å². The molecule has 0 aliphatic rings. The Labute approximate surface area is 122 Å². The summed E-state index contributed by atoms with van der Waals surface area (Å²) >= 11 is 6.49. The first-order chi connectivity index (χ1) is 9.11. The van der Waals surface area contributed by atoms with Crippen molar-refractivity contribution in [2.75, 3.05) is 0 Å². The number of rotatable bonds is 3. The van der Waals surface area contributed by atoms with E-state index >= 15 is 0 Å². The molecule has 20 heavy (non-hydrogen) atoms. The molecule has 0 saturated carbocycles. The maximum atomic E-state index is 13.0. The standard InChI is InChI=1S/C9H6ClF5N2S.C2H6/c1-3-18-5-4(2)16-7(17-6(5)10)8(11,12)9(13,14)15;1-2/h3H,1H2,2H3;1-2H3. The normalized spacial score (nSPS) is 11.7. The fourth-order valence-electron chi connectivity index (χ4n) is 1.01. The number of hydrogen-bond donors (Lipinski definition) is 0. The minimum absolute atomic E-state index is 0.0705. The van der Waals surface area contributed by atoms with E-state index in [2.05, 4.69) is 16.5 Å². The van der Waals surface area contributed by atoms with E-state index in [1.807, 2.05) is 13.8 Å². The molecule has 0 fully saturated rings. The van der Waals surface area contributed by atoms with Crippen LogP contribution in [-0.2, 0) is 5.92 Å². The summed E-state index contributed by atoms with van der Waals surface area (Å²) in [6, 6.07) is 0. The zero-order chi connectivity index (χ0) is 16.1. The topological polar surface area (TPSA) is 25.8 Å². The number of hydrogen-bond acceptors (Lipinski definition) is 3. The number of aromatic nitrogens is 2. The van der Waals surface area contributed by atoms with Crippen LogP contribution in [0.2, 0.25) is 5.15 Å². The largest absolute Gasteiger partial charge is 0.461 e. The Morgan fingerprint density at radius 3 is 2.00 bits per heavy atom. The van der Waals surface area contributed by atoms with Crippen molar-refractivity contribution in [3.63, 3.8) is 0 Å². The molecule has 0 atom stereocenters. The third-order valence-electron chi connectivity index (χ3n) is 1.83. The Bertz CT molecular complexity index is 453. The van der Waals surface area contributed by atoms with Crippen molar-refractivity contribution in [3.05, 3.63) is 28.7 Å². The Morgan fingerprint density at radius 2 is 1.65 bits per heavy atom. The van der Waals surface area contributed by atoms with Gasteiger partial charge in [0.2, 0.25) is 5.82 Å². The number of halogens is 6. The molecule has 0 aliphatic carbocycles. The van der Waals surface area contributed by atoms with Crippen LogP contribution in [0.3, 0.4) is 0 Å². The van der Waals surface area contributed by atoms with Gasteiger partial charge in [0.05, 0.1) is 10.6 Å². The van der Waals surface area contributed by atoms with E-state index in [9.17, 15) is 22.0 Å². The van der Waals surface area contributed by atoms with Crippen LogP contribution in [-0.4, -0.2) is 16.1 Å². The van der Waals surface area contributed by atoms with E-state index in [-0.39, 0.29) is 10.6 Å². The Balaban J connectivity index is 0.00000172. The zero-order valence-corrected chi connectivity index (χ0v) is 12.4. The predicted molar refractivity (Wildman–Crippen MR) is 69.1 cm³/mol. The molecule has 0 spiro atoms. The third-order valence-corrected chi connectivity index (χ3v) is 3.11. The monoisotopic (exact) mass is 334 g/mol. The fourth-order valence-corrected chi connectivity index (χ4v) is 1.89. The van der Waals surface area contributed by atoms with E-state index in [4.69, 9.17) is 11.6 Å². The number of nitrogens with zero attached hydrogens (tertiary/aromatic N) is 2. The first-order valence-corrected chi connectivity index (χ1v) is 6.63. The molecule has 0 bridgehead atoms. The molecule has 1 rings (SSSR count). The second-order valence-corrected chi connectivity index (χ2v) is 4.44. The van der Waals surface area contributed by atoms with Gasteiger partial charge in [0.25, 0.3) is 0 Å². The Kier molecular flexibility index (Phi) is 6.89. The molecule has 0 N–H and O–H groups in total. The predicted octanol–water partition coefficient (Wildman–Crippen LogP) is 5.35. The van der Waals surface area contributed by atoms with Gasteiger partial charge in [-0.25, -0.2) is 9.97 Å². The number of alkyl halides is 5. The van der Waals surface area contributed by atoms with Gasteiger partial charge in [0.15, 0.2) is 0 Å². The molecule has 9 heteroatoms. The highest BCUT2D eigenvalue weighted by Gasteiger charge is 2.61. The van der Waals surface area contributed by atoms with Crippen molar-refractivity contribution in [1.82, 2.24) is 9.97 Å². The summed E-state index contributed by atoms with van der Waals surface area (Å²) in [5.41, 5.74) is -0.0705. The second kappa shape index (κ2) is 7.21. The molecule has 0 radical (unpaired) electrons. The van der Waals surface area contributed by atoms with Crippen molar-refractivity contribution in [3.8, 4) is 0 Å². The van der Waals surface area contributed by atoms with Gasteiger partial charge in [-0.05, 0) is 12.3 Å².